The van der Waals surface area contributed by atoms with Gasteiger partial charge in [0.15, 0.2) is 0 Å². The molecule has 0 unspecified atom stereocenters. The Morgan fingerprint density at radius 1 is 0.327 bits per heavy atom. The molecule has 11 aromatic rings. The van der Waals surface area contributed by atoms with Gasteiger partial charge in [-0.3, -0.25) is 0 Å². The third-order valence-electron chi connectivity index (χ3n) is 10.9. The van der Waals surface area contributed by atoms with Gasteiger partial charge in [0.1, 0.15) is 22.3 Å². The zero-order valence-electron chi connectivity index (χ0n) is 29.8. The van der Waals surface area contributed by atoms with Gasteiger partial charge in [0.25, 0.3) is 0 Å². The normalized spacial score (nSPS) is 11.6. The van der Waals surface area contributed by atoms with Crippen LogP contribution in [0.2, 0.25) is 0 Å². The van der Waals surface area contributed by atoms with Crippen molar-refractivity contribution in [2.75, 3.05) is 4.90 Å². The van der Waals surface area contributed by atoms with Gasteiger partial charge >= 0.3 is 0 Å². The van der Waals surface area contributed by atoms with E-state index in [-0.39, 0.29) is 0 Å². The van der Waals surface area contributed by atoms with Gasteiger partial charge in [-0.05, 0) is 99.3 Å². The molecule has 0 aliphatic heterocycles. The minimum atomic E-state index is 0.851. The number of fused-ring (bicyclic) bond motifs is 7. The molecule has 0 N–H and O–H groups in total. The van der Waals surface area contributed by atoms with Crippen molar-refractivity contribution in [3.05, 3.63) is 200 Å². The summed E-state index contributed by atoms with van der Waals surface area (Å²) >= 11 is 0. The Morgan fingerprint density at radius 3 is 1.76 bits per heavy atom. The van der Waals surface area contributed by atoms with Gasteiger partial charge < -0.3 is 13.7 Å². The fourth-order valence-electron chi connectivity index (χ4n) is 8.34. The van der Waals surface area contributed by atoms with Gasteiger partial charge in [0.2, 0.25) is 0 Å². The molecule has 0 radical (unpaired) electrons. The largest absolute Gasteiger partial charge is 0.456 e. The summed E-state index contributed by atoms with van der Waals surface area (Å²) in [5, 5.41) is 6.87. The van der Waals surface area contributed by atoms with E-state index < -0.39 is 0 Å². The number of para-hydroxylation sites is 3. The van der Waals surface area contributed by atoms with Crippen molar-refractivity contribution >= 4 is 71.7 Å². The smallest absolute Gasteiger partial charge is 0.145 e. The van der Waals surface area contributed by atoms with E-state index in [1.807, 2.05) is 18.2 Å². The second kappa shape index (κ2) is 12.6. The van der Waals surface area contributed by atoms with Crippen LogP contribution in [0.5, 0.6) is 0 Å². The minimum absolute atomic E-state index is 0.851. The number of furan rings is 2. The van der Waals surface area contributed by atoms with E-state index in [9.17, 15) is 0 Å². The third-order valence-corrected chi connectivity index (χ3v) is 10.9. The van der Waals surface area contributed by atoms with E-state index in [0.717, 1.165) is 83.2 Å². The zero-order chi connectivity index (χ0) is 36.3. The highest BCUT2D eigenvalue weighted by Crippen LogP contribution is 2.48. The molecule has 0 fully saturated rings. The zero-order valence-corrected chi connectivity index (χ0v) is 29.8. The molecule has 0 saturated carbocycles. The van der Waals surface area contributed by atoms with E-state index in [1.54, 1.807) is 0 Å². The van der Waals surface area contributed by atoms with Crippen molar-refractivity contribution < 1.29 is 8.83 Å². The van der Waals surface area contributed by atoms with Crippen molar-refractivity contribution in [3.8, 4) is 33.4 Å². The maximum absolute atomic E-state index is 6.87. The Bertz CT molecular complexity index is 3200. The first-order valence-corrected chi connectivity index (χ1v) is 18.7. The maximum Gasteiger partial charge on any atom is 0.145 e. The molecule has 0 bridgehead atoms. The number of hydrogen-bond donors (Lipinski definition) is 0. The molecule has 0 amide bonds. The van der Waals surface area contributed by atoms with Gasteiger partial charge in [0, 0.05) is 33.1 Å². The van der Waals surface area contributed by atoms with Crippen molar-refractivity contribution in [2.45, 2.75) is 0 Å². The summed E-state index contributed by atoms with van der Waals surface area (Å²) in [6.07, 6.45) is 0. The minimum Gasteiger partial charge on any atom is -0.456 e. The molecule has 0 aliphatic rings. The summed E-state index contributed by atoms with van der Waals surface area (Å²) in [5.41, 5.74) is 13.4. The van der Waals surface area contributed by atoms with E-state index >= 15 is 0 Å². The van der Waals surface area contributed by atoms with Crippen LogP contribution in [0.4, 0.5) is 17.1 Å². The van der Waals surface area contributed by atoms with Gasteiger partial charge in [0.05, 0.1) is 11.1 Å². The summed E-state index contributed by atoms with van der Waals surface area (Å²) in [6, 6.07) is 70.8. The summed E-state index contributed by atoms with van der Waals surface area (Å²) < 4.78 is 13.2. The first kappa shape index (κ1) is 31.2. The quantitative estimate of drug-likeness (QED) is 0.173. The van der Waals surface area contributed by atoms with Crippen LogP contribution in [0, 0.1) is 0 Å². The first-order valence-electron chi connectivity index (χ1n) is 18.7. The molecule has 3 heteroatoms. The predicted octanol–water partition coefficient (Wildman–Crippen LogP) is 15.1. The molecule has 0 atom stereocenters. The van der Waals surface area contributed by atoms with Crippen LogP contribution in [0.3, 0.4) is 0 Å². The van der Waals surface area contributed by atoms with Crippen LogP contribution in [-0.4, -0.2) is 0 Å². The van der Waals surface area contributed by atoms with Crippen molar-refractivity contribution in [1.82, 2.24) is 0 Å². The molecule has 2 heterocycles. The molecular weight excluding hydrogens is 671 g/mol. The highest BCUT2D eigenvalue weighted by molar-refractivity contribution is 6.18. The molecule has 258 valence electrons. The number of anilines is 3. The summed E-state index contributed by atoms with van der Waals surface area (Å²) in [5.74, 6) is 0. The molecule has 3 nitrogen and oxygen atoms in total. The lowest BCUT2D eigenvalue weighted by Gasteiger charge is -2.27. The van der Waals surface area contributed by atoms with Gasteiger partial charge in [-0.25, -0.2) is 0 Å². The lowest BCUT2D eigenvalue weighted by Crippen LogP contribution is -2.10. The van der Waals surface area contributed by atoms with Crippen LogP contribution in [0.15, 0.2) is 209 Å². The van der Waals surface area contributed by atoms with Crippen LogP contribution in [0.25, 0.3) is 88.0 Å². The Morgan fingerprint density at radius 2 is 0.927 bits per heavy atom. The number of hydrogen-bond acceptors (Lipinski definition) is 3. The fraction of sp³-hybridized carbons (Fsp3) is 0. The number of rotatable bonds is 6. The molecule has 11 rings (SSSR count). The van der Waals surface area contributed by atoms with Crippen LogP contribution in [0.1, 0.15) is 0 Å². The van der Waals surface area contributed by atoms with Crippen LogP contribution in [-0.2, 0) is 0 Å². The highest BCUT2D eigenvalue weighted by atomic mass is 16.3. The van der Waals surface area contributed by atoms with Gasteiger partial charge in [-0.2, -0.15) is 0 Å². The fourth-order valence-corrected chi connectivity index (χ4v) is 8.34. The lowest BCUT2D eigenvalue weighted by atomic mass is 9.92. The molecule has 0 saturated heterocycles. The van der Waals surface area contributed by atoms with Crippen molar-refractivity contribution in [3.63, 3.8) is 0 Å². The molecule has 2 aromatic heterocycles. The first-order chi connectivity index (χ1) is 27.3. The Hall–Kier alpha value is -7.36. The van der Waals surface area contributed by atoms with Crippen molar-refractivity contribution in [1.29, 1.82) is 0 Å². The number of benzene rings is 9. The van der Waals surface area contributed by atoms with Gasteiger partial charge in [-0.15, -0.1) is 0 Å². The Labute approximate surface area is 317 Å². The van der Waals surface area contributed by atoms with E-state index in [1.165, 1.54) is 21.9 Å². The van der Waals surface area contributed by atoms with Crippen LogP contribution < -0.4 is 4.90 Å². The van der Waals surface area contributed by atoms with Gasteiger partial charge in [-0.1, -0.05) is 140 Å². The Kier molecular flexibility index (Phi) is 7.17. The molecule has 9 aromatic carbocycles. The summed E-state index contributed by atoms with van der Waals surface area (Å²) in [6.45, 7) is 0. The highest BCUT2D eigenvalue weighted by Gasteiger charge is 2.23. The third kappa shape index (κ3) is 5.13. The SMILES string of the molecule is c1ccc(N(c2ccc(-c3cccc4ccccc34)cc2)c2ccc(-c3ccccc3-c3ccc4c(c3)oc3ccccc34)c3oc4ccccc4c23)cc1. The monoisotopic (exact) mass is 703 g/mol. The predicted molar refractivity (Wildman–Crippen MR) is 229 cm³/mol. The van der Waals surface area contributed by atoms with E-state index in [0.29, 0.717) is 0 Å². The second-order valence-corrected chi connectivity index (χ2v) is 14.0. The Balaban J connectivity index is 1.10. The average Bonchev–Trinajstić information content (AvgIpc) is 3.83. The lowest BCUT2D eigenvalue weighted by molar-refractivity contribution is 0.669. The van der Waals surface area contributed by atoms with Crippen LogP contribution >= 0.6 is 0 Å². The molecule has 55 heavy (non-hydrogen) atoms. The summed E-state index contributed by atoms with van der Waals surface area (Å²) in [4.78, 5) is 2.35. The molecule has 0 aliphatic carbocycles. The van der Waals surface area contributed by atoms with Crippen molar-refractivity contribution in [2.24, 2.45) is 0 Å². The van der Waals surface area contributed by atoms with E-state index in [4.69, 9.17) is 8.83 Å². The topological polar surface area (TPSA) is 29.5 Å². The number of nitrogens with zero attached hydrogens (tertiary/aromatic N) is 1. The molecular formula is C52H33NO2. The maximum atomic E-state index is 6.87. The second-order valence-electron chi connectivity index (χ2n) is 14.0. The molecule has 0 spiro atoms. The van der Waals surface area contributed by atoms with E-state index in [2.05, 4.69) is 187 Å². The standard InChI is InChI=1S/C52H33NO2/c1-2-15-37(16-3-1)53(38-28-25-35(26-29-38)40-22-12-14-34-13-4-5-17-39(34)40)47-32-31-45(52-51(47)46-21-9-11-24-49(46)55-52)42-19-7-6-18-41(42)36-27-30-44-43-20-8-10-23-48(43)54-50(44)33-36/h1-33H. The summed E-state index contributed by atoms with van der Waals surface area (Å²) in [7, 11) is 0. The average molecular weight is 704 g/mol.